The van der Waals surface area contributed by atoms with E-state index in [-0.39, 0.29) is 36.2 Å². The molecule has 1 fully saturated rings. The number of benzene rings is 1. The van der Waals surface area contributed by atoms with Gasteiger partial charge in [-0.2, -0.15) is 0 Å². The molecule has 1 aromatic rings. The van der Waals surface area contributed by atoms with E-state index < -0.39 is 15.8 Å². The normalized spacial score (nSPS) is 20.1. The van der Waals surface area contributed by atoms with Crippen LogP contribution >= 0.6 is 0 Å². The van der Waals surface area contributed by atoms with Crippen LogP contribution in [0.1, 0.15) is 18.4 Å². The molecule has 0 spiro atoms. The molecule has 1 amide bonds. The number of anilines is 1. The first kappa shape index (κ1) is 15.5. The Morgan fingerprint density at radius 2 is 2.00 bits per heavy atom. The summed E-state index contributed by atoms with van der Waals surface area (Å²) in [5.41, 5.74) is 0.989. The van der Waals surface area contributed by atoms with Gasteiger partial charge in [-0.1, -0.05) is 18.2 Å². The standard InChI is InChI=1S/C14H17NO5S/c16-13(7-10-5-6-21(19,20)9-10)15-12-4-2-1-3-11(12)8-14(17)18/h1-4,10H,5-9H2,(H,15,16)(H,17,18). The quantitative estimate of drug-likeness (QED) is 0.847. The second-order valence-corrected chi connectivity index (χ2v) is 7.48. The lowest BCUT2D eigenvalue weighted by molar-refractivity contribution is -0.136. The van der Waals surface area contributed by atoms with Gasteiger partial charge < -0.3 is 10.4 Å². The van der Waals surface area contributed by atoms with Crippen molar-refractivity contribution in [3.05, 3.63) is 29.8 Å². The second kappa shape index (κ2) is 6.26. The Balaban J connectivity index is 1.98. The molecule has 2 N–H and O–H groups in total. The van der Waals surface area contributed by atoms with Crippen molar-refractivity contribution in [2.75, 3.05) is 16.8 Å². The van der Waals surface area contributed by atoms with Gasteiger partial charge in [0.1, 0.15) is 0 Å². The smallest absolute Gasteiger partial charge is 0.307 e. The molecular formula is C14H17NO5S. The highest BCUT2D eigenvalue weighted by Crippen LogP contribution is 2.23. The summed E-state index contributed by atoms with van der Waals surface area (Å²) in [7, 11) is -3.00. The number of hydrogen-bond acceptors (Lipinski definition) is 4. The summed E-state index contributed by atoms with van der Waals surface area (Å²) in [4.78, 5) is 22.7. The predicted molar refractivity (Wildman–Crippen MR) is 77.8 cm³/mol. The Hall–Kier alpha value is -1.89. The summed E-state index contributed by atoms with van der Waals surface area (Å²) in [5.74, 6) is -1.22. The number of aliphatic carboxylic acids is 1. The monoisotopic (exact) mass is 311 g/mol. The molecule has 1 unspecified atom stereocenters. The summed E-state index contributed by atoms with van der Waals surface area (Å²) in [6.45, 7) is 0. The Labute approximate surface area is 123 Å². The fourth-order valence-electron chi connectivity index (χ4n) is 2.46. The van der Waals surface area contributed by atoms with Crippen molar-refractivity contribution in [3.63, 3.8) is 0 Å². The van der Waals surface area contributed by atoms with E-state index in [2.05, 4.69) is 5.32 Å². The molecule has 0 aromatic heterocycles. The number of amides is 1. The van der Waals surface area contributed by atoms with E-state index in [4.69, 9.17) is 5.11 Å². The molecule has 2 rings (SSSR count). The van der Waals surface area contributed by atoms with Crippen molar-refractivity contribution in [1.82, 2.24) is 0 Å². The molecule has 7 heteroatoms. The third kappa shape index (κ3) is 4.56. The van der Waals surface area contributed by atoms with Gasteiger partial charge in [0, 0.05) is 12.1 Å². The number of carboxylic acids is 1. The van der Waals surface area contributed by atoms with Crippen molar-refractivity contribution in [1.29, 1.82) is 0 Å². The minimum Gasteiger partial charge on any atom is -0.481 e. The first-order valence-electron chi connectivity index (χ1n) is 6.66. The lowest BCUT2D eigenvalue weighted by Crippen LogP contribution is -2.18. The van der Waals surface area contributed by atoms with Gasteiger partial charge in [0.15, 0.2) is 9.84 Å². The van der Waals surface area contributed by atoms with Crippen LogP contribution in [-0.2, 0) is 25.8 Å². The third-order valence-corrected chi connectivity index (χ3v) is 5.27. The first-order chi connectivity index (χ1) is 9.85. The SMILES string of the molecule is O=C(O)Cc1ccccc1NC(=O)CC1CCS(=O)(=O)C1. The Morgan fingerprint density at radius 3 is 2.62 bits per heavy atom. The van der Waals surface area contributed by atoms with Gasteiger partial charge in [0.25, 0.3) is 0 Å². The largest absolute Gasteiger partial charge is 0.481 e. The molecule has 114 valence electrons. The number of nitrogens with one attached hydrogen (secondary N) is 1. The van der Waals surface area contributed by atoms with Gasteiger partial charge in [-0.05, 0) is 24.0 Å². The second-order valence-electron chi connectivity index (χ2n) is 5.25. The minimum atomic E-state index is -3.00. The third-order valence-electron chi connectivity index (χ3n) is 3.43. The van der Waals surface area contributed by atoms with Gasteiger partial charge in [-0.25, -0.2) is 8.42 Å². The Kier molecular flexibility index (Phi) is 4.62. The van der Waals surface area contributed by atoms with Crippen LogP contribution < -0.4 is 5.32 Å². The Morgan fingerprint density at radius 1 is 1.29 bits per heavy atom. The summed E-state index contributed by atoms with van der Waals surface area (Å²) >= 11 is 0. The average molecular weight is 311 g/mol. The summed E-state index contributed by atoms with van der Waals surface area (Å²) < 4.78 is 22.7. The van der Waals surface area contributed by atoms with E-state index in [1.165, 1.54) is 0 Å². The van der Waals surface area contributed by atoms with E-state index in [9.17, 15) is 18.0 Å². The van der Waals surface area contributed by atoms with Gasteiger partial charge in [-0.15, -0.1) is 0 Å². The molecule has 0 bridgehead atoms. The van der Waals surface area contributed by atoms with E-state index in [1.807, 2.05) is 0 Å². The van der Waals surface area contributed by atoms with Crippen LogP contribution in [0.4, 0.5) is 5.69 Å². The predicted octanol–water partition coefficient (Wildman–Crippen LogP) is 1.08. The number of sulfone groups is 1. The molecule has 0 radical (unpaired) electrons. The van der Waals surface area contributed by atoms with Crippen LogP contribution in [0.15, 0.2) is 24.3 Å². The van der Waals surface area contributed by atoms with Crippen LogP contribution in [0.3, 0.4) is 0 Å². The summed E-state index contributed by atoms with van der Waals surface area (Å²) in [5, 5.41) is 11.5. The van der Waals surface area contributed by atoms with Crippen LogP contribution in [0, 0.1) is 5.92 Å². The summed E-state index contributed by atoms with van der Waals surface area (Å²) in [6, 6.07) is 6.70. The van der Waals surface area contributed by atoms with E-state index in [1.54, 1.807) is 24.3 Å². The van der Waals surface area contributed by atoms with Gasteiger partial charge in [-0.3, -0.25) is 9.59 Å². The molecule has 0 aliphatic carbocycles. The zero-order chi connectivity index (χ0) is 15.5. The molecular weight excluding hydrogens is 294 g/mol. The molecule has 1 atom stereocenters. The van der Waals surface area contributed by atoms with Crippen LogP contribution in [0.5, 0.6) is 0 Å². The molecule has 1 aromatic carbocycles. The van der Waals surface area contributed by atoms with Gasteiger partial charge in [0.05, 0.1) is 17.9 Å². The summed E-state index contributed by atoms with van der Waals surface area (Å²) in [6.07, 6.45) is 0.474. The molecule has 0 saturated carbocycles. The number of para-hydroxylation sites is 1. The highest BCUT2D eigenvalue weighted by Gasteiger charge is 2.29. The molecule has 1 heterocycles. The average Bonchev–Trinajstić information content (AvgIpc) is 2.70. The highest BCUT2D eigenvalue weighted by molar-refractivity contribution is 7.91. The fraction of sp³-hybridized carbons (Fsp3) is 0.429. The maximum Gasteiger partial charge on any atom is 0.307 e. The maximum absolute atomic E-state index is 12.0. The Bertz CT molecular complexity index is 653. The molecule has 1 aliphatic heterocycles. The number of rotatable bonds is 5. The zero-order valence-corrected chi connectivity index (χ0v) is 12.2. The molecule has 6 nitrogen and oxygen atoms in total. The van der Waals surface area contributed by atoms with Crippen molar-refractivity contribution >= 4 is 27.4 Å². The van der Waals surface area contributed by atoms with E-state index >= 15 is 0 Å². The van der Waals surface area contributed by atoms with Crippen LogP contribution in [0.25, 0.3) is 0 Å². The number of carbonyl (C=O) groups is 2. The van der Waals surface area contributed by atoms with Crippen molar-refractivity contribution in [3.8, 4) is 0 Å². The van der Waals surface area contributed by atoms with Crippen molar-refractivity contribution < 1.29 is 23.1 Å². The van der Waals surface area contributed by atoms with Gasteiger partial charge >= 0.3 is 5.97 Å². The fourth-order valence-corrected chi connectivity index (χ4v) is 4.32. The topological polar surface area (TPSA) is 101 Å². The molecule has 21 heavy (non-hydrogen) atoms. The minimum absolute atomic E-state index is 0.0528. The lowest BCUT2D eigenvalue weighted by atomic mass is 10.0. The molecule has 1 saturated heterocycles. The van der Waals surface area contributed by atoms with Crippen LogP contribution in [0.2, 0.25) is 0 Å². The van der Waals surface area contributed by atoms with Crippen molar-refractivity contribution in [2.45, 2.75) is 19.3 Å². The maximum atomic E-state index is 12.0. The van der Waals surface area contributed by atoms with E-state index in [0.717, 1.165) is 0 Å². The number of carbonyl (C=O) groups excluding carboxylic acids is 1. The lowest BCUT2D eigenvalue weighted by Gasteiger charge is -2.11. The number of carboxylic acid groups (broad SMARTS) is 1. The molecule has 1 aliphatic rings. The van der Waals surface area contributed by atoms with Crippen molar-refractivity contribution in [2.24, 2.45) is 5.92 Å². The highest BCUT2D eigenvalue weighted by atomic mass is 32.2. The number of hydrogen-bond donors (Lipinski definition) is 2. The van der Waals surface area contributed by atoms with Crippen LogP contribution in [-0.4, -0.2) is 36.9 Å². The van der Waals surface area contributed by atoms with Gasteiger partial charge in [0.2, 0.25) is 5.91 Å². The zero-order valence-electron chi connectivity index (χ0n) is 11.4. The first-order valence-corrected chi connectivity index (χ1v) is 8.48. The van der Waals surface area contributed by atoms with E-state index in [0.29, 0.717) is 17.7 Å².